The number of methoxy groups -OCH3 is 1. The average molecular weight is 305 g/mol. The van der Waals surface area contributed by atoms with E-state index in [0.29, 0.717) is 6.10 Å². The Balaban J connectivity index is 1.99. The SMILES string of the molecule is CO[C@H]1CCN(Cc2ccc(Cl)cc2Br)C1. The van der Waals surface area contributed by atoms with E-state index in [2.05, 4.69) is 26.9 Å². The average Bonchev–Trinajstić information content (AvgIpc) is 2.70. The van der Waals surface area contributed by atoms with E-state index in [0.717, 1.165) is 35.6 Å². The summed E-state index contributed by atoms with van der Waals surface area (Å²) in [6.45, 7) is 3.08. The maximum atomic E-state index is 5.92. The van der Waals surface area contributed by atoms with Gasteiger partial charge in [-0.3, -0.25) is 4.90 Å². The number of hydrogen-bond donors (Lipinski definition) is 0. The highest BCUT2D eigenvalue weighted by atomic mass is 79.9. The highest BCUT2D eigenvalue weighted by Crippen LogP contribution is 2.24. The molecule has 1 aromatic carbocycles. The lowest BCUT2D eigenvalue weighted by molar-refractivity contribution is 0.107. The van der Waals surface area contributed by atoms with Gasteiger partial charge in [-0.25, -0.2) is 0 Å². The molecule has 1 aliphatic rings. The van der Waals surface area contributed by atoms with Crippen molar-refractivity contribution in [1.29, 1.82) is 0 Å². The third kappa shape index (κ3) is 2.98. The van der Waals surface area contributed by atoms with Gasteiger partial charge in [0.1, 0.15) is 0 Å². The van der Waals surface area contributed by atoms with Crippen molar-refractivity contribution in [2.75, 3.05) is 20.2 Å². The molecular weight excluding hydrogens is 289 g/mol. The largest absolute Gasteiger partial charge is 0.380 e. The molecule has 1 aromatic rings. The zero-order valence-electron chi connectivity index (χ0n) is 9.25. The fraction of sp³-hybridized carbons (Fsp3) is 0.500. The van der Waals surface area contributed by atoms with Crippen molar-refractivity contribution < 1.29 is 4.74 Å². The normalized spacial score (nSPS) is 21.6. The second kappa shape index (κ2) is 5.50. The second-order valence-electron chi connectivity index (χ2n) is 4.12. The monoisotopic (exact) mass is 303 g/mol. The van der Waals surface area contributed by atoms with Gasteiger partial charge in [-0.1, -0.05) is 33.6 Å². The summed E-state index contributed by atoms with van der Waals surface area (Å²) < 4.78 is 6.44. The standard InChI is InChI=1S/C12H15BrClNO/c1-16-11-4-5-15(8-11)7-9-2-3-10(14)6-12(9)13/h2-3,6,11H,4-5,7-8H2,1H3/t11-/m0/s1. The van der Waals surface area contributed by atoms with Gasteiger partial charge in [0.25, 0.3) is 0 Å². The smallest absolute Gasteiger partial charge is 0.0710 e. The molecule has 2 nitrogen and oxygen atoms in total. The fourth-order valence-electron chi connectivity index (χ4n) is 2.02. The lowest BCUT2D eigenvalue weighted by atomic mass is 10.2. The van der Waals surface area contributed by atoms with Crippen LogP contribution in [-0.4, -0.2) is 31.2 Å². The summed E-state index contributed by atoms with van der Waals surface area (Å²) in [7, 11) is 1.78. The molecule has 2 rings (SSSR count). The molecule has 1 aliphatic heterocycles. The summed E-state index contributed by atoms with van der Waals surface area (Å²) in [6, 6.07) is 5.96. The fourth-order valence-corrected chi connectivity index (χ4v) is 2.83. The molecule has 0 aliphatic carbocycles. The van der Waals surface area contributed by atoms with Gasteiger partial charge in [0.2, 0.25) is 0 Å². The van der Waals surface area contributed by atoms with Gasteiger partial charge < -0.3 is 4.74 Å². The Labute approximate surface area is 110 Å². The van der Waals surface area contributed by atoms with E-state index in [1.54, 1.807) is 7.11 Å². The Morgan fingerprint density at radius 2 is 2.38 bits per heavy atom. The number of hydrogen-bond acceptors (Lipinski definition) is 2. The molecule has 1 heterocycles. The Morgan fingerprint density at radius 1 is 1.56 bits per heavy atom. The summed E-state index contributed by atoms with van der Waals surface area (Å²) in [4.78, 5) is 2.40. The van der Waals surface area contributed by atoms with Crippen molar-refractivity contribution in [3.63, 3.8) is 0 Å². The highest BCUT2D eigenvalue weighted by molar-refractivity contribution is 9.10. The molecule has 16 heavy (non-hydrogen) atoms. The molecule has 0 radical (unpaired) electrons. The van der Waals surface area contributed by atoms with Crippen molar-refractivity contribution in [2.45, 2.75) is 19.1 Å². The van der Waals surface area contributed by atoms with Crippen LogP contribution in [0.25, 0.3) is 0 Å². The molecule has 0 N–H and O–H groups in total. The van der Waals surface area contributed by atoms with E-state index in [4.69, 9.17) is 16.3 Å². The summed E-state index contributed by atoms with van der Waals surface area (Å²) in [5, 5.41) is 0.770. The topological polar surface area (TPSA) is 12.5 Å². The number of likely N-dealkylation sites (tertiary alicyclic amines) is 1. The van der Waals surface area contributed by atoms with Gasteiger partial charge in [-0.15, -0.1) is 0 Å². The van der Waals surface area contributed by atoms with Crippen LogP contribution < -0.4 is 0 Å². The molecule has 1 saturated heterocycles. The quantitative estimate of drug-likeness (QED) is 0.849. The zero-order chi connectivity index (χ0) is 11.5. The zero-order valence-corrected chi connectivity index (χ0v) is 11.6. The maximum absolute atomic E-state index is 5.92. The second-order valence-corrected chi connectivity index (χ2v) is 5.41. The first-order valence-corrected chi connectivity index (χ1v) is 6.55. The molecule has 4 heteroatoms. The van der Waals surface area contributed by atoms with Crippen molar-refractivity contribution >= 4 is 27.5 Å². The van der Waals surface area contributed by atoms with E-state index in [1.165, 1.54) is 5.56 Å². The first-order chi connectivity index (χ1) is 7.69. The van der Waals surface area contributed by atoms with Crippen molar-refractivity contribution in [3.05, 3.63) is 33.3 Å². The minimum Gasteiger partial charge on any atom is -0.380 e. The summed E-state index contributed by atoms with van der Waals surface area (Å²) in [5.41, 5.74) is 1.28. The van der Waals surface area contributed by atoms with Crippen molar-refractivity contribution in [2.24, 2.45) is 0 Å². The first kappa shape index (κ1) is 12.4. The number of nitrogens with zero attached hydrogens (tertiary/aromatic N) is 1. The van der Waals surface area contributed by atoms with Crippen LogP contribution in [-0.2, 0) is 11.3 Å². The van der Waals surface area contributed by atoms with Crippen LogP contribution in [0.1, 0.15) is 12.0 Å². The summed E-state index contributed by atoms with van der Waals surface area (Å²) in [5.74, 6) is 0. The Kier molecular flexibility index (Phi) is 4.25. The molecule has 0 saturated carbocycles. The predicted octanol–water partition coefficient (Wildman–Crippen LogP) is 3.32. The minimum atomic E-state index is 0.395. The summed E-state index contributed by atoms with van der Waals surface area (Å²) in [6.07, 6.45) is 1.52. The van der Waals surface area contributed by atoms with Crippen LogP contribution in [0.5, 0.6) is 0 Å². The van der Waals surface area contributed by atoms with Crippen LogP contribution >= 0.6 is 27.5 Å². The van der Waals surface area contributed by atoms with Crippen LogP contribution in [0.3, 0.4) is 0 Å². The third-order valence-corrected chi connectivity index (χ3v) is 3.94. The van der Waals surface area contributed by atoms with Gasteiger partial charge in [0.05, 0.1) is 6.10 Å². The first-order valence-electron chi connectivity index (χ1n) is 5.38. The van der Waals surface area contributed by atoms with Crippen LogP contribution in [0.15, 0.2) is 22.7 Å². The van der Waals surface area contributed by atoms with Crippen LogP contribution in [0.2, 0.25) is 5.02 Å². The Morgan fingerprint density at radius 3 is 3.00 bits per heavy atom. The van der Waals surface area contributed by atoms with Crippen LogP contribution in [0.4, 0.5) is 0 Å². The molecule has 0 unspecified atom stereocenters. The summed E-state index contributed by atoms with van der Waals surface area (Å²) >= 11 is 9.46. The highest BCUT2D eigenvalue weighted by Gasteiger charge is 2.22. The van der Waals surface area contributed by atoms with Crippen molar-refractivity contribution in [1.82, 2.24) is 4.90 Å². The van der Waals surface area contributed by atoms with E-state index in [-0.39, 0.29) is 0 Å². The van der Waals surface area contributed by atoms with E-state index in [1.807, 2.05) is 12.1 Å². The number of rotatable bonds is 3. The molecule has 88 valence electrons. The third-order valence-electron chi connectivity index (χ3n) is 2.97. The van der Waals surface area contributed by atoms with Crippen LogP contribution in [0, 0.1) is 0 Å². The molecular formula is C12H15BrClNO. The van der Waals surface area contributed by atoms with Gasteiger partial charge in [-0.2, -0.15) is 0 Å². The lowest BCUT2D eigenvalue weighted by Gasteiger charge is -2.16. The number of halogens is 2. The number of ether oxygens (including phenoxy) is 1. The molecule has 0 bridgehead atoms. The number of benzene rings is 1. The molecule has 1 fully saturated rings. The Bertz CT molecular complexity index is 372. The van der Waals surface area contributed by atoms with Gasteiger partial charge >= 0.3 is 0 Å². The van der Waals surface area contributed by atoms with E-state index in [9.17, 15) is 0 Å². The van der Waals surface area contributed by atoms with E-state index >= 15 is 0 Å². The van der Waals surface area contributed by atoms with E-state index < -0.39 is 0 Å². The minimum absolute atomic E-state index is 0.395. The van der Waals surface area contributed by atoms with Gasteiger partial charge in [0, 0.05) is 36.2 Å². The van der Waals surface area contributed by atoms with Crippen molar-refractivity contribution in [3.8, 4) is 0 Å². The lowest BCUT2D eigenvalue weighted by Crippen LogP contribution is -2.22. The molecule has 0 aromatic heterocycles. The molecule has 0 spiro atoms. The molecule has 1 atom stereocenters. The maximum Gasteiger partial charge on any atom is 0.0710 e. The Hall–Kier alpha value is -0.0900. The molecule has 0 amide bonds. The van der Waals surface area contributed by atoms with Gasteiger partial charge in [-0.05, 0) is 24.1 Å². The predicted molar refractivity (Wildman–Crippen MR) is 69.8 cm³/mol. The van der Waals surface area contributed by atoms with Gasteiger partial charge in [0.15, 0.2) is 0 Å².